The van der Waals surface area contributed by atoms with E-state index in [1.807, 2.05) is 48.5 Å². The van der Waals surface area contributed by atoms with E-state index in [1.54, 1.807) is 18.0 Å². The molecule has 2 aromatic carbocycles. The zero-order valence-corrected chi connectivity index (χ0v) is 11.6. The molecule has 3 rings (SSSR count). The average molecular weight is 287 g/mol. The van der Waals surface area contributed by atoms with Gasteiger partial charge in [0.1, 0.15) is 0 Å². The van der Waals surface area contributed by atoms with Crippen LogP contribution in [0.5, 0.6) is 0 Å². The quantitative estimate of drug-likeness (QED) is 0.699. The van der Waals surface area contributed by atoms with Gasteiger partial charge in [0.15, 0.2) is 0 Å². The van der Waals surface area contributed by atoms with Crippen LogP contribution >= 0.6 is 23.4 Å². The fraction of sp³-hybridized carbons (Fsp3) is 0. The molecule has 4 heteroatoms. The molecule has 0 aliphatic carbocycles. The smallest absolute Gasteiger partial charge is 0.0733 e. The first-order valence-electron chi connectivity index (χ1n) is 5.80. The highest BCUT2D eigenvalue weighted by molar-refractivity contribution is 7.99. The second-order valence-corrected chi connectivity index (χ2v) is 5.70. The highest BCUT2D eigenvalue weighted by atomic mass is 35.5. The summed E-state index contributed by atoms with van der Waals surface area (Å²) < 4.78 is 0. The van der Waals surface area contributed by atoms with Crippen LogP contribution in [0.2, 0.25) is 5.02 Å². The van der Waals surface area contributed by atoms with Crippen molar-refractivity contribution in [1.82, 2.24) is 4.98 Å². The minimum absolute atomic E-state index is 0.727. The molecular weight excluding hydrogens is 276 g/mol. The van der Waals surface area contributed by atoms with Gasteiger partial charge >= 0.3 is 0 Å². The topological polar surface area (TPSA) is 38.9 Å². The molecule has 0 atom stereocenters. The summed E-state index contributed by atoms with van der Waals surface area (Å²) in [7, 11) is 0. The summed E-state index contributed by atoms with van der Waals surface area (Å²) in [5.74, 6) is 0. The summed E-state index contributed by atoms with van der Waals surface area (Å²) in [6.07, 6.45) is 1.80. The van der Waals surface area contributed by atoms with Gasteiger partial charge in [-0.15, -0.1) is 0 Å². The second-order valence-electron chi connectivity index (χ2n) is 4.15. The third kappa shape index (κ3) is 2.67. The number of pyridine rings is 1. The molecule has 2 nitrogen and oxygen atoms in total. The minimum Gasteiger partial charge on any atom is -0.399 e. The number of nitrogens with two attached hydrogens (primary N) is 1. The largest absolute Gasteiger partial charge is 0.399 e. The lowest BCUT2D eigenvalue weighted by atomic mass is 10.2. The maximum Gasteiger partial charge on any atom is 0.0733 e. The van der Waals surface area contributed by atoms with Crippen LogP contribution in [-0.2, 0) is 0 Å². The Morgan fingerprint density at radius 3 is 2.79 bits per heavy atom. The first-order valence-corrected chi connectivity index (χ1v) is 6.99. The molecule has 3 aromatic rings. The Labute approximate surface area is 120 Å². The first-order chi connectivity index (χ1) is 9.22. The Hall–Kier alpha value is -1.71. The lowest BCUT2D eigenvalue weighted by Crippen LogP contribution is -1.87. The normalized spacial score (nSPS) is 10.8. The number of hydrogen-bond donors (Lipinski definition) is 1. The minimum atomic E-state index is 0.727. The molecule has 0 amide bonds. The van der Waals surface area contributed by atoms with Gasteiger partial charge in [-0.25, -0.2) is 0 Å². The van der Waals surface area contributed by atoms with Gasteiger partial charge in [-0.1, -0.05) is 29.4 Å². The number of anilines is 1. The van der Waals surface area contributed by atoms with E-state index in [9.17, 15) is 0 Å². The van der Waals surface area contributed by atoms with E-state index in [2.05, 4.69) is 4.98 Å². The highest BCUT2D eigenvalue weighted by Gasteiger charge is 2.04. The van der Waals surface area contributed by atoms with Crippen molar-refractivity contribution in [2.24, 2.45) is 0 Å². The Morgan fingerprint density at radius 1 is 1.05 bits per heavy atom. The van der Waals surface area contributed by atoms with E-state index in [0.717, 1.165) is 31.4 Å². The van der Waals surface area contributed by atoms with Crippen molar-refractivity contribution in [2.45, 2.75) is 9.79 Å². The summed E-state index contributed by atoms with van der Waals surface area (Å²) in [4.78, 5) is 6.60. The van der Waals surface area contributed by atoms with Crippen molar-refractivity contribution in [3.05, 3.63) is 59.8 Å². The number of aromatic nitrogens is 1. The van der Waals surface area contributed by atoms with Gasteiger partial charge < -0.3 is 5.73 Å². The van der Waals surface area contributed by atoms with Crippen molar-refractivity contribution < 1.29 is 0 Å². The zero-order valence-electron chi connectivity index (χ0n) is 10.0. The first kappa shape index (κ1) is 12.3. The molecule has 19 heavy (non-hydrogen) atoms. The molecule has 1 heterocycles. The van der Waals surface area contributed by atoms with E-state index >= 15 is 0 Å². The predicted octanol–water partition coefficient (Wildman–Crippen LogP) is 4.62. The second kappa shape index (κ2) is 5.11. The number of fused-ring (bicyclic) bond motifs is 1. The van der Waals surface area contributed by atoms with E-state index in [-0.39, 0.29) is 0 Å². The van der Waals surface area contributed by atoms with Gasteiger partial charge in [-0.05, 0) is 42.5 Å². The van der Waals surface area contributed by atoms with Crippen molar-refractivity contribution in [3.63, 3.8) is 0 Å². The van der Waals surface area contributed by atoms with Crippen molar-refractivity contribution in [2.75, 3.05) is 5.73 Å². The molecule has 0 saturated carbocycles. The van der Waals surface area contributed by atoms with Gasteiger partial charge in [0.25, 0.3) is 0 Å². The number of nitrogens with zero attached hydrogens (tertiary/aromatic N) is 1. The average Bonchev–Trinajstić information content (AvgIpc) is 2.38. The van der Waals surface area contributed by atoms with Crippen LogP contribution in [0, 0.1) is 0 Å². The third-order valence-electron chi connectivity index (χ3n) is 2.75. The van der Waals surface area contributed by atoms with Crippen molar-refractivity contribution >= 4 is 40.0 Å². The fourth-order valence-corrected chi connectivity index (χ4v) is 3.14. The van der Waals surface area contributed by atoms with Crippen LogP contribution in [0.25, 0.3) is 10.9 Å². The monoisotopic (exact) mass is 286 g/mol. The molecule has 94 valence electrons. The Bertz CT molecular complexity index is 743. The molecule has 2 N–H and O–H groups in total. The van der Waals surface area contributed by atoms with Gasteiger partial charge in [0.2, 0.25) is 0 Å². The number of benzene rings is 2. The predicted molar refractivity (Wildman–Crippen MR) is 81.7 cm³/mol. The van der Waals surface area contributed by atoms with Crippen molar-refractivity contribution in [1.29, 1.82) is 0 Å². The Kier molecular flexibility index (Phi) is 3.32. The van der Waals surface area contributed by atoms with E-state index in [1.165, 1.54) is 0 Å². The van der Waals surface area contributed by atoms with E-state index < -0.39 is 0 Å². The Morgan fingerprint density at radius 2 is 1.95 bits per heavy atom. The molecule has 0 spiro atoms. The number of rotatable bonds is 2. The third-order valence-corrected chi connectivity index (χ3v) is 4.05. The van der Waals surface area contributed by atoms with Crippen LogP contribution in [-0.4, -0.2) is 4.98 Å². The molecule has 0 unspecified atom stereocenters. The molecule has 0 fully saturated rings. The summed E-state index contributed by atoms with van der Waals surface area (Å²) in [5.41, 5.74) is 7.42. The molecular formula is C15H11ClN2S. The SMILES string of the molecule is Nc1ccc2c(Sc3cccc(Cl)c3)ccnc2c1. The number of nitrogen functional groups attached to an aromatic ring is 1. The standard InChI is InChI=1S/C15H11ClN2S/c16-10-2-1-3-12(8-10)19-15-6-7-18-14-9-11(17)4-5-13(14)15/h1-9H,17H2. The maximum atomic E-state index is 6.01. The van der Waals surface area contributed by atoms with Crippen LogP contribution in [0.15, 0.2) is 64.5 Å². The van der Waals surface area contributed by atoms with Crippen LogP contribution in [0.4, 0.5) is 5.69 Å². The summed E-state index contributed by atoms with van der Waals surface area (Å²) >= 11 is 7.68. The maximum absolute atomic E-state index is 6.01. The van der Waals surface area contributed by atoms with Gasteiger partial charge in [-0.3, -0.25) is 4.98 Å². The molecule has 0 bridgehead atoms. The summed E-state index contributed by atoms with van der Waals surface area (Å²) in [6.45, 7) is 0. The fourth-order valence-electron chi connectivity index (χ4n) is 1.89. The van der Waals surface area contributed by atoms with Gasteiger partial charge in [0, 0.05) is 32.1 Å². The lowest BCUT2D eigenvalue weighted by Gasteiger charge is -2.06. The van der Waals surface area contributed by atoms with Crippen LogP contribution < -0.4 is 5.73 Å². The molecule has 0 aliphatic heterocycles. The molecule has 0 saturated heterocycles. The lowest BCUT2D eigenvalue weighted by molar-refractivity contribution is 1.34. The van der Waals surface area contributed by atoms with Crippen LogP contribution in [0.1, 0.15) is 0 Å². The van der Waals surface area contributed by atoms with E-state index in [4.69, 9.17) is 17.3 Å². The molecule has 0 radical (unpaired) electrons. The van der Waals surface area contributed by atoms with E-state index in [0.29, 0.717) is 0 Å². The molecule has 0 aliphatic rings. The Balaban J connectivity index is 2.06. The van der Waals surface area contributed by atoms with Crippen molar-refractivity contribution in [3.8, 4) is 0 Å². The highest BCUT2D eigenvalue weighted by Crippen LogP contribution is 2.34. The zero-order chi connectivity index (χ0) is 13.2. The van der Waals surface area contributed by atoms with Gasteiger partial charge in [0.05, 0.1) is 5.52 Å². The summed E-state index contributed by atoms with van der Waals surface area (Å²) in [5, 5.41) is 1.84. The van der Waals surface area contributed by atoms with Crippen LogP contribution in [0.3, 0.4) is 0 Å². The number of halogens is 1. The number of hydrogen-bond acceptors (Lipinski definition) is 3. The van der Waals surface area contributed by atoms with Gasteiger partial charge in [-0.2, -0.15) is 0 Å². The molecule has 1 aromatic heterocycles. The summed E-state index contributed by atoms with van der Waals surface area (Å²) in [6, 6.07) is 15.6.